The van der Waals surface area contributed by atoms with E-state index in [0.717, 1.165) is 0 Å². The summed E-state index contributed by atoms with van der Waals surface area (Å²) in [5.74, 6) is -1.57. The predicted molar refractivity (Wildman–Crippen MR) is 72.3 cm³/mol. The third-order valence-electron chi connectivity index (χ3n) is 2.30. The zero-order valence-electron chi connectivity index (χ0n) is 10.5. The molecule has 0 aliphatic heterocycles. The number of carbonyl (C=O) groups excluding carboxylic acids is 3. The summed E-state index contributed by atoms with van der Waals surface area (Å²) in [4.78, 5) is 33.6. The Morgan fingerprint density at radius 3 is 2.35 bits per heavy atom. The number of halogens is 1. The molecule has 0 bridgehead atoms. The zero-order valence-corrected chi connectivity index (χ0v) is 11.2. The minimum Gasteiger partial charge on any atom is -0.347 e. The molecule has 1 rings (SSSR count). The molecule has 4 N–H and O–H groups in total. The first-order valence-corrected chi connectivity index (χ1v) is 6.14. The highest BCUT2D eigenvalue weighted by Gasteiger charge is 2.09. The van der Waals surface area contributed by atoms with E-state index in [-0.39, 0.29) is 25.3 Å². The Bertz CT molecular complexity index is 507. The molecule has 0 atom stereocenters. The standard InChI is InChI=1S/C12H14ClN3O4/c13-8-3-1-2-4-9(8)15-11(18)6-5-10(17)14-7-12(19)16-20/h1-4,20H,5-7H2,(H,14,17)(H,15,18)(H,16,19). The number of anilines is 1. The van der Waals surface area contributed by atoms with Crippen molar-refractivity contribution in [3.63, 3.8) is 0 Å². The molecule has 108 valence electrons. The van der Waals surface area contributed by atoms with E-state index in [1.165, 1.54) is 5.48 Å². The molecule has 0 unspecified atom stereocenters. The average Bonchev–Trinajstić information content (AvgIpc) is 2.45. The second-order valence-corrected chi connectivity index (χ2v) is 4.25. The molecule has 1 aromatic carbocycles. The van der Waals surface area contributed by atoms with Gasteiger partial charge in [-0.1, -0.05) is 23.7 Å². The number of hydroxylamine groups is 1. The van der Waals surface area contributed by atoms with E-state index in [1.807, 2.05) is 0 Å². The molecule has 0 heterocycles. The van der Waals surface area contributed by atoms with Crippen molar-refractivity contribution in [1.29, 1.82) is 0 Å². The van der Waals surface area contributed by atoms with Crippen LogP contribution < -0.4 is 16.1 Å². The molecule has 7 nitrogen and oxygen atoms in total. The molecular formula is C12H14ClN3O4. The summed E-state index contributed by atoms with van der Waals surface area (Å²) >= 11 is 5.87. The van der Waals surface area contributed by atoms with Crippen molar-refractivity contribution < 1.29 is 19.6 Å². The molecule has 0 fully saturated rings. The van der Waals surface area contributed by atoms with Gasteiger partial charge < -0.3 is 10.6 Å². The number of nitrogens with one attached hydrogen (secondary N) is 3. The van der Waals surface area contributed by atoms with Gasteiger partial charge in [-0.3, -0.25) is 19.6 Å². The molecule has 0 aliphatic carbocycles. The van der Waals surface area contributed by atoms with E-state index in [4.69, 9.17) is 16.8 Å². The van der Waals surface area contributed by atoms with Crippen LogP contribution >= 0.6 is 11.6 Å². The first-order valence-electron chi connectivity index (χ1n) is 5.77. The van der Waals surface area contributed by atoms with Gasteiger partial charge in [0.05, 0.1) is 17.3 Å². The van der Waals surface area contributed by atoms with Crippen molar-refractivity contribution in [2.75, 3.05) is 11.9 Å². The summed E-state index contributed by atoms with van der Waals surface area (Å²) in [7, 11) is 0. The fraction of sp³-hybridized carbons (Fsp3) is 0.250. The van der Waals surface area contributed by atoms with Gasteiger partial charge in [-0.15, -0.1) is 0 Å². The number of carbonyl (C=O) groups is 3. The summed E-state index contributed by atoms with van der Waals surface area (Å²) in [5, 5.41) is 13.5. The van der Waals surface area contributed by atoms with Gasteiger partial charge >= 0.3 is 0 Å². The molecule has 0 aliphatic rings. The summed E-state index contributed by atoms with van der Waals surface area (Å²) < 4.78 is 0. The SMILES string of the molecule is O=C(CNC(=O)CCC(=O)Nc1ccccc1Cl)NO. The fourth-order valence-corrected chi connectivity index (χ4v) is 1.49. The van der Waals surface area contributed by atoms with Gasteiger partial charge in [0.25, 0.3) is 5.91 Å². The highest BCUT2D eigenvalue weighted by Crippen LogP contribution is 2.20. The summed E-state index contributed by atoms with van der Waals surface area (Å²) in [5.41, 5.74) is 1.85. The Balaban J connectivity index is 2.31. The van der Waals surface area contributed by atoms with Gasteiger partial charge in [0, 0.05) is 12.8 Å². The van der Waals surface area contributed by atoms with Crippen molar-refractivity contribution in [2.24, 2.45) is 0 Å². The Morgan fingerprint density at radius 1 is 1.05 bits per heavy atom. The van der Waals surface area contributed by atoms with Crippen LogP contribution in [0.4, 0.5) is 5.69 Å². The fourth-order valence-electron chi connectivity index (χ4n) is 1.31. The first-order chi connectivity index (χ1) is 9.52. The largest absolute Gasteiger partial charge is 0.347 e. The predicted octanol–water partition coefficient (Wildman–Crippen LogP) is 0.680. The van der Waals surface area contributed by atoms with E-state index in [1.54, 1.807) is 24.3 Å². The summed E-state index contributed by atoms with van der Waals surface area (Å²) in [6.07, 6.45) is -0.118. The van der Waals surface area contributed by atoms with Gasteiger partial charge in [0.1, 0.15) is 0 Å². The van der Waals surface area contributed by atoms with Crippen LogP contribution in [-0.4, -0.2) is 29.5 Å². The third-order valence-corrected chi connectivity index (χ3v) is 2.63. The lowest BCUT2D eigenvalue weighted by Crippen LogP contribution is -2.35. The number of benzene rings is 1. The van der Waals surface area contributed by atoms with Crippen molar-refractivity contribution in [2.45, 2.75) is 12.8 Å². The van der Waals surface area contributed by atoms with Crippen LogP contribution in [0, 0.1) is 0 Å². The van der Waals surface area contributed by atoms with Crippen molar-refractivity contribution in [3.8, 4) is 0 Å². The smallest absolute Gasteiger partial charge is 0.262 e. The van der Waals surface area contributed by atoms with Crippen molar-refractivity contribution >= 4 is 35.0 Å². The molecule has 0 radical (unpaired) electrons. The molecule has 0 spiro atoms. The van der Waals surface area contributed by atoms with Crippen LogP contribution in [0.25, 0.3) is 0 Å². The maximum atomic E-state index is 11.6. The van der Waals surface area contributed by atoms with Crippen LogP contribution in [0.2, 0.25) is 5.02 Å². The van der Waals surface area contributed by atoms with Crippen LogP contribution in [-0.2, 0) is 14.4 Å². The highest BCUT2D eigenvalue weighted by molar-refractivity contribution is 6.33. The van der Waals surface area contributed by atoms with E-state index < -0.39 is 11.8 Å². The van der Waals surface area contributed by atoms with Gasteiger partial charge in [-0.25, -0.2) is 5.48 Å². The maximum Gasteiger partial charge on any atom is 0.262 e. The summed E-state index contributed by atoms with van der Waals surface area (Å²) in [6, 6.07) is 6.74. The first kappa shape index (κ1) is 15.9. The van der Waals surface area contributed by atoms with Crippen LogP contribution in [0.1, 0.15) is 12.8 Å². The molecule has 3 amide bonds. The van der Waals surface area contributed by atoms with E-state index >= 15 is 0 Å². The second kappa shape index (κ2) is 8.13. The number of amides is 3. The number of hydrogen-bond donors (Lipinski definition) is 4. The Morgan fingerprint density at radius 2 is 1.70 bits per heavy atom. The number of para-hydroxylation sites is 1. The minimum absolute atomic E-state index is 0.0438. The lowest BCUT2D eigenvalue weighted by atomic mass is 10.2. The lowest BCUT2D eigenvalue weighted by Gasteiger charge is -2.07. The quantitative estimate of drug-likeness (QED) is 0.457. The Kier molecular flexibility index (Phi) is 6.48. The molecule has 20 heavy (non-hydrogen) atoms. The molecule has 0 aromatic heterocycles. The maximum absolute atomic E-state index is 11.6. The Hall–Kier alpha value is -2.12. The van der Waals surface area contributed by atoms with Crippen LogP contribution in [0.3, 0.4) is 0 Å². The Labute approximate surface area is 120 Å². The highest BCUT2D eigenvalue weighted by atomic mass is 35.5. The molecule has 1 aromatic rings. The van der Waals surface area contributed by atoms with Gasteiger partial charge in [-0.2, -0.15) is 0 Å². The average molecular weight is 300 g/mol. The third kappa shape index (κ3) is 5.68. The van der Waals surface area contributed by atoms with Crippen molar-refractivity contribution in [3.05, 3.63) is 29.3 Å². The zero-order chi connectivity index (χ0) is 15.0. The summed E-state index contributed by atoms with van der Waals surface area (Å²) in [6.45, 7) is -0.346. The lowest BCUT2D eigenvalue weighted by molar-refractivity contribution is -0.131. The number of hydrogen-bond acceptors (Lipinski definition) is 4. The molecular weight excluding hydrogens is 286 g/mol. The monoisotopic (exact) mass is 299 g/mol. The van der Waals surface area contributed by atoms with Gasteiger partial charge in [0.15, 0.2) is 0 Å². The number of rotatable bonds is 6. The van der Waals surface area contributed by atoms with E-state index in [0.29, 0.717) is 10.7 Å². The van der Waals surface area contributed by atoms with E-state index in [9.17, 15) is 14.4 Å². The van der Waals surface area contributed by atoms with Crippen molar-refractivity contribution in [1.82, 2.24) is 10.8 Å². The molecule has 0 saturated carbocycles. The topological polar surface area (TPSA) is 108 Å². The second-order valence-electron chi connectivity index (χ2n) is 3.84. The molecule has 8 heteroatoms. The molecule has 0 saturated heterocycles. The van der Waals surface area contributed by atoms with Crippen LogP contribution in [0.15, 0.2) is 24.3 Å². The van der Waals surface area contributed by atoms with Crippen LogP contribution in [0.5, 0.6) is 0 Å². The van der Waals surface area contributed by atoms with Gasteiger partial charge in [-0.05, 0) is 12.1 Å². The van der Waals surface area contributed by atoms with Gasteiger partial charge in [0.2, 0.25) is 11.8 Å². The van der Waals surface area contributed by atoms with E-state index in [2.05, 4.69) is 10.6 Å². The normalized spacial score (nSPS) is 9.70. The minimum atomic E-state index is -0.737.